The minimum atomic E-state index is -0.237. The van der Waals surface area contributed by atoms with Gasteiger partial charge < -0.3 is 19.3 Å². The molecule has 2 heterocycles. The van der Waals surface area contributed by atoms with Crippen molar-refractivity contribution in [2.75, 3.05) is 14.7 Å². The van der Waals surface area contributed by atoms with E-state index >= 15 is 0 Å². The van der Waals surface area contributed by atoms with Crippen molar-refractivity contribution < 1.29 is 8.78 Å². The van der Waals surface area contributed by atoms with Crippen molar-refractivity contribution in [2.24, 2.45) is 0 Å². The predicted octanol–water partition coefficient (Wildman–Crippen LogP) is 15.2. The van der Waals surface area contributed by atoms with Crippen molar-refractivity contribution in [2.45, 2.75) is 57.4 Å². The zero-order valence-corrected chi connectivity index (χ0v) is 36.3. The maximum Gasteiger partial charge on any atom is 0.123 e. The van der Waals surface area contributed by atoms with Crippen LogP contribution in [0.4, 0.5) is 31.5 Å². The van der Waals surface area contributed by atoms with Gasteiger partial charge in [-0.25, -0.2) is 8.78 Å². The van der Waals surface area contributed by atoms with E-state index in [1.807, 2.05) is 18.2 Å². The Morgan fingerprint density at radius 3 is 2.02 bits per heavy atom. The summed E-state index contributed by atoms with van der Waals surface area (Å²) in [7, 11) is 0. The molecule has 1 atom stereocenters. The molecule has 4 aliphatic carbocycles. The number of fused-ring (bicyclic) bond motifs is 4. The molecule has 1 aliphatic heterocycles. The summed E-state index contributed by atoms with van der Waals surface area (Å²) in [6, 6.07) is 45.4. The van der Waals surface area contributed by atoms with Gasteiger partial charge in [-0.1, -0.05) is 91.0 Å². The number of benzene rings is 5. The largest absolute Gasteiger partial charge is 0.338 e. The number of rotatable bonds is 10. The van der Waals surface area contributed by atoms with Gasteiger partial charge in [-0.15, -0.1) is 0 Å². The van der Waals surface area contributed by atoms with Crippen LogP contribution in [0.3, 0.4) is 0 Å². The number of aromatic nitrogens is 1. The summed E-state index contributed by atoms with van der Waals surface area (Å²) in [5.74, 6) is -0.289. The third-order valence-electron chi connectivity index (χ3n) is 13.5. The van der Waals surface area contributed by atoms with E-state index in [2.05, 4.69) is 183 Å². The number of anilines is 4. The zero-order chi connectivity index (χ0) is 43.7. The van der Waals surface area contributed by atoms with Gasteiger partial charge in [0.25, 0.3) is 0 Å². The lowest BCUT2D eigenvalue weighted by Crippen LogP contribution is -2.36. The summed E-state index contributed by atoms with van der Waals surface area (Å²) in [6.45, 7) is 0. The molecule has 11 rings (SSSR count). The number of halogens is 2. The van der Waals surface area contributed by atoms with Crippen molar-refractivity contribution in [3.05, 3.63) is 251 Å². The quantitative estimate of drug-likeness (QED) is 0.136. The highest BCUT2D eigenvalue weighted by atomic mass is 19.1. The lowest BCUT2D eigenvalue weighted by molar-refractivity contribution is 0.587. The molecule has 0 saturated heterocycles. The van der Waals surface area contributed by atoms with E-state index in [4.69, 9.17) is 0 Å². The summed E-state index contributed by atoms with van der Waals surface area (Å²) in [6.07, 6.45) is 30.7. The van der Waals surface area contributed by atoms with Gasteiger partial charge in [0.05, 0.1) is 11.6 Å². The first kappa shape index (κ1) is 40.3. The number of allylic oxidation sites excluding steroid dienone is 15. The van der Waals surface area contributed by atoms with Crippen LogP contribution >= 0.6 is 0 Å². The highest BCUT2D eigenvalue weighted by Crippen LogP contribution is 2.42. The van der Waals surface area contributed by atoms with Crippen molar-refractivity contribution in [1.82, 2.24) is 4.57 Å². The fourth-order valence-electron chi connectivity index (χ4n) is 10.3. The Morgan fingerprint density at radius 2 is 1.29 bits per heavy atom. The standard InChI is InChI=1S/C59H50F2N4/c60-45-25-33-51(34-26-45)64-53(40-44-12-7-9-19-57(44)64)17-11-39-62(47-13-3-1-4-14-47)48-29-21-42(22-30-48)43-23-31-50(32-24-43)63(49-15-5-2-6-16-49)54-37-38-59-56(41-54)55-18-8-10-20-58(55)65(59)52-35-27-46(61)28-36-52/h1-21,23,25-27,29,31,33-35,37-39,54H,22,24,28,30,32,36,40-41H2/b39-11+,53-17+. The SMILES string of the molecule is FC1=CC=C(n2c3c(c4ccccc42)CC(N(C2=CC=C(C4=CC=C(N(/C=C/C=C5\Cc6ccccc6N5c5ccc(F)cc5)c5ccccc5)CC4)CC2)c2ccccc2)C=C3)CC1. The van der Waals surface area contributed by atoms with Gasteiger partial charge in [0.15, 0.2) is 0 Å². The zero-order valence-electron chi connectivity index (χ0n) is 36.3. The highest BCUT2D eigenvalue weighted by molar-refractivity contribution is 5.92. The van der Waals surface area contributed by atoms with Gasteiger partial charge in [-0.3, -0.25) is 0 Å². The van der Waals surface area contributed by atoms with E-state index in [0.29, 0.717) is 12.8 Å². The first-order valence-corrected chi connectivity index (χ1v) is 22.9. The minimum Gasteiger partial charge on any atom is -0.338 e. The number of hydrogen-bond donors (Lipinski definition) is 0. The summed E-state index contributed by atoms with van der Waals surface area (Å²) < 4.78 is 30.4. The van der Waals surface area contributed by atoms with Crippen LogP contribution in [-0.2, 0) is 12.8 Å². The Morgan fingerprint density at radius 1 is 0.600 bits per heavy atom. The molecule has 0 bridgehead atoms. The van der Waals surface area contributed by atoms with Gasteiger partial charge in [-0.2, -0.15) is 0 Å². The summed E-state index contributed by atoms with van der Waals surface area (Å²) in [5, 5.41) is 1.27. The lowest BCUT2D eigenvalue weighted by atomic mass is 9.88. The normalized spacial score (nSPS) is 18.7. The molecule has 0 amide bonds. The van der Waals surface area contributed by atoms with E-state index in [1.165, 1.54) is 68.1 Å². The molecule has 5 aliphatic rings. The maximum absolute atomic E-state index is 14.1. The minimum absolute atomic E-state index is 0.0521. The van der Waals surface area contributed by atoms with Crippen LogP contribution in [0.25, 0.3) is 22.7 Å². The number of nitrogens with zero attached hydrogens (tertiary/aromatic N) is 4. The second-order valence-corrected chi connectivity index (χ2v) is 17.3. The molecule has 0 radical (unpaired) electrons. The first-order valence-electron chi connectivity index (χ1n) is 22.9. The van der Waals surface area contributed by atoms with Crippen LogP contribution in [0.5, 0.6) is 0 Å². The van der Waals surface area contributed by atoms with Gasteiger partial charge in [0, 0.05) is 75.7 Å². The predicted molar refractivity (Wildman–Crippen MR) is 266 cm³/mol. The van der Waals surface area contributed by atoms with Gasteiger partial charge in [0.2, 0.25) is 0 Å². The van der Waals surface area contributed by atoms with Crippen molar-refractivity contribution >= 4 is 45.4 Å². The summed E-state index contributed by atoms with van der Waals surface area (Å²) >= 11 is 0. The average Bonchev–Trinajstić information content (AvgIpc) is 3.90. The van der Waals surface area contributed by atoms with Gasteiger partial charge >= 0.3 is 0 Å². The van der Waals surface area contributed by atoms with E-state index in [-0.39, 0.29) is 17.7 Å². The van der Waals surface area contributed by atoms with Crippen LogP contribution in [-0.4, -0.2) is 10.6 Å². The van der Waals surface area contributed by atoms with E-state index in [0.717, 1.165) is 67.0 Å². The molecule has 1 aromatic heterocycles. The van der Waals surface area contributed by atoms with Crippen LogP contribution < -0.4 is 14.7 Å². The van der Waals surface area contributed by atoms with Crippen LogP contribution in [0.1, 0.15) is 55.3 Å². The summed E-state index contributed by atoms with van der Waals surface area (Å²) in [5.41, 5.74) is 17.0. The Balaban J connectivity index is 0.863. The van der Waals surface area contributed by atoms with Gasteiger partial charge in [-0.05, 0) is 164 Å². The Kier molecular flexibility index (Phi) is 10.9. The monoisotopic (exact) mass is 852 g/mol. The molecule has 0 spiro atoms. The maximum atomic E-state index is 14.1. The van der Waals surface area contributed by atoms with Crippen LogP contribution in [0.15, 0.2) is 228 Å². The van der Waals surface area contributed by atoms with Gasteiger partial charge in [0.1, 0.15) is 11.6 Å². The smallest absolute Gasteiger partial charge is 0.123 e. The molecule has 1 unspecified atom stereocenters. The Labute approximate surface area is 380 Å². The molecule has 0 N–H and O–H groups in total. The molecule has 320 valence electrons. The lowest BCUT2D eigenvalue weighted by Gasteiger charge is -2.37. The van der Waals surface area contributed by atoms with E-state index < -0.39 is 0 Å². The number of para-hydroxylation sites is 4. The molecular formula is C59H50F2N4. The third kappa shape index (κ3) is 7.95. The molecule has 6 aromatic rings. The molecule has 0 fully saturated rings. The van der Waals surface area contributed by atoms with E-state index in [1.54, 1.807) is 6.08 Å². The second kappa shape index (κ2) is 17.6. The molecule has 0 saturated carbocycles. The topological polar surface area (TPSA) is 14.7 Å². The van der Waals surface area contributed by atoms with Crippen LogP contribution in [0, 0.1) is 5.82 Å². The Bertz CT molecular complexity index is 3070. The average molecular weight is 853 g/mol. The first-order chi connectivity index (χ1) is 32.1. The number of hydrogen-bond acceptors (Lipinski definition) is 3. The van der Waals surface area contributed by atoms with Crippen LogP contribution in [0.2, 0.25) is 0 Å². The second-order valence-electron chi connectivity index (χ2n) is 17.3. The van der Waals surface area contributed by atoms with E-state index in [9.17, 15) is 8.78 Å². The van der Waals surface area contributed by atoms with Crippen molar-refractivity contribution in [3.63, 3.8) is 0 Å². The van der Waals surface area contributed by atoms with Crippen molar-refractivity contribution in [3.8, 4) is 0 Å². The molecular weight excluding hydrogens is 803 g/mol. The molecule has 6 heteroatoms. The highest BCUT2D eigenvalue weighted by Gasteiger charge is 2.30. The van der Waals surface area contributed by atoms with Crippen molar-refractivity contribution in [1.29, 1.82) is 0 Å². The fourth-order valence-corrected chi connectivity index (χ4v) is 10.3. The molecule has 65 heavy (non-hydrogen) atoms. The summed E-state index contributed by atoms with van der Waals surface area (Å²) in [4.78, 5) is 7.09. The molecule has 5 aromatic carbocycles. The molecule has 4 nitrogen and oxygen atoms in total. The fraction of sp³-hybridized carbons (Fsp3) is 0.153. The Hall–Kier alpha value is -7.44. The third-order valence-corrected chi connectivity index (χ3v) is 13.5.